The number of hydrogen-bond acceptors (Lipinski definition) is 4. The lowest BCUT2D eigenvalue weighted by atomic mass is 9.96. The molecule has 0 spiro atoms. The maximum atomic E-state index is 13.0. The van der Waals surface area contributed by atoms with Crippen molar-refractivity contribution >= 4 is 35.1 Å². The Bertz CT molecular complexity index is 742. The quantitative estimate of drug-likeness (QED) is 0.687. The van der Waals surface area contributed by atoms with Crippen molar-refractivity contribution < 1.29 is 14.4 Å². The number of halogens is 1. The Morgan fingerprint density at radius 1 is 1.33 bits per heavy atom. The minimum atomic E-state index is -0.231. The number of benzene rings is 1. The molecule has 1 atom stereocenters. The molecule has 0 bridgehead atoms. The highest BCUT2D eigenvalue weighted by Crippen LogP contribution is 2.29. The van der Waals surface area contributed by atoms with Crippen LogP contribution in [0.2, 0.25) is 5.02 Å². The predicted octanol–water partition coefficient (Wildman–Crippen LogP) is 0.797. The summed E-state index contributed by atoms with van der Waals surface area (Å²) in [4.78, 5) is 40.3. The normalized spacial score (nSPS) is 19.8. The first-order chi connectivity index (χ1) is 13.0. The maximum absolute atomic E-state index is 13.0. The van der Waals surface area contributed by atoms with E-state index in [0.29, 0.717) is 55.5 Å². The minimum absolute atomic E-state index is 0.0662. The highest BCUT2D eigenvalue weighted by atomic mass is 35.5. The van der Waals surface area contributed by atoms with Crippen molar-refractivity contribution in [2.45, 2.75) is 12.8 Å². The molecule has 1 aromatic carbocycles. The number of likely N-dealkylation sites (tertiary alicyclic amines) is 1. The second-order valence-electron chi connectivity index (χ2n) is 6.72. The van der Waals surface area contributed by atoms with Crippen molar-refractivity contribution in [3.05, 3.63) is 28.8 Å². The molecule has 2 aliphatic rings. The van der Waals surface area contributed by atoms with Crippen LogP contribution in [0.25, 0.3) is 0 Å². The molecule has 4 amide bonds. The average Bonchev–Trinajstić information content (AvgIpc) is 3.11. The zero-order chi connectivity index (χ0) is 19.4. The van der Waals surface area contributed by atoms with Crippen LogP contribution in [0, 0.1) is 5.92 Å². The third-order valence-electron chi connectivity index (χ3n) is 4.86. The molecule has 2 heterocycles. The molecular formula is C18H24ClN5O3. The summed E-state index contributed by atoms with van der Waals surface area (Å²) in [6.45, 7) is 2.84. The molecule has 3 rings (SSSR count). The van der Waals surface area contributed by atoms with E-state index < -0.39 is 0 Å². The van der Waals surface area contributed by atoms with Crippen molar-refractivity contribution in [1.29, 1.82) is 0 Å². The van der Waals surface area contributed by atoms with Crippen molar-refractivity contribution in [2.24, 2.45) is 11.7 Å². The monoisotopic (exact) mass is 393 g/mol. The smallest absolute Gasteiger partial charge is 0.322 e. The Morgan fingerprint density at radius 3 is 2.85 bits per heavy atom. The summed E-state index contributed by atoms with van der Waals surface area (Å²) in [6, 6.07) is 4.70. The number of piperidine rings is 1. The topological polar surface area (TPSA) is 108 Å². The number of nitrogens with two attached hydrogens (primary N) is 1. The third kappa shape index (κ3) is 4.33. The maximum Gasteiger partial charge on any atom is 0.322 e. The first kappa shape index (κ1) is 19.4. The first-order valence-corrected chi connectivity index (χ1v) is 9.51. The van der Waals surface area contributed by atoms with Crippen LogP contribution in [0.3, 0.4) is 0 Å². The van der Waals surface area contributed by atoms with Gasteiger partial charge in [0, 0.05) is 44.8 Å². The van der Waals surface area contributed by atoms with Crippen LogP contribution in [-0.2, 0) is 4.79 Å². The lowest BCUT2D eigenvalue weighted by Gasteiger charge is -2.32. The van der Waals surface area contributed by atoms with Crippen molar-refractivity contribution in [3.8, 4) is 0 Å². The molecule has 2 fully saturated rings. The summed E-state index contributed by atoms with van der Waals surface area (Å²) in [5.74, 6) is -0.460. The third-order valence-corrected chi connectivity index (χ3v) is 5.18. The molecule has 27 heavy (non-hydrogen) atoms. The van der Waals surface area contributed by atoms with Crippen LogP contribution < -0.4 is 21.3 Å². The van der Waals surface area contributed by atoms with Crippen molar-refractivity contribution in [2.75, 3.05) is 44.2 Å². The van der Waals surface area contributed by atoms with Crippen LogP contribution in [0.4, 0.5) is 10.5 Å². The Balaban J connectivity index is 1.73. The van der Waals surface area contributed by atoms with E-state index in [-0.39, 0.29) is 23.8 Å². The molecule has 146 valence electrons. The second-order valence-corrected chi connectivity index (χ2v) is 7.13. The molecular weight excluding hydrogens is 370 g/mol. The van der Waals surface area contributed by atoms with Gasteiger partial charge >= 0.3 is 6.03 Å². The number of urea groups is 1. The zero-order valence-electron chi connectivity index (χ0n) is 15.0. The Labute approximate surface area is 163 Å². The van der Waals surface area contributed by atoms with Crippen LogP contribution in [0.5, 0.6) is 0 Å². The van der Waals surface area contributed by atoms with Gasteiger partial charge in [-0.05, 0) is 31.0 Å². The highest BCUT2D eigenvalue weighted by Gasteiger charge is 2.30. The molecule has 0 aromatic heterocycles. The van der Waals surface area contributed by atoms with E-state index in [1.54, 1.807) is 23.1 Å². The molecule has 8 nitrogen and oxygen atoms in total. The van der Waals surface area contributed by atoms with E-state index in [0.717, 1.165) is 12.8 Å². The molecule has 9 heteroatoms. The van der Waals surface area contributed by atoms with Gasteiger partial charge in [-0.1, -0.05) is 11.6 Å². The van der Waals surface area contributed by atoms with E-state index in [2.05, 4.69) is 10.6 Å². The molecule has 2 aliphatic heterocycles. The molecule has 0 saturated carbocycles. The van der Waals surface area contributed by atoms with Gasteiger partial charge in [0.05, 0.1) is 16.6 Å². The van der Waals surface area contributed by atoms with Gasteiger partial charge in [-0.25, -0.2) is 4.79 Å². The number of hydrogen-bond donors (Lipinski definition) is 3. The fourth-order valence-corrected chi connectivity index (χ4v) is 3.67. The number of nitrogens with zero attached hydrogens (tertiary/aromatic N) is 2. The summed E-state index contributed by atoms with van der Waals surface area (Å²) < 4.78 is 0. The predicted molar refractivity (Wildman–Crippen MR) is 103 cm³/mol. The van der Waals surface area contributed by atoms with E-state index in [4.69, 9.17) is 17.3 Å². The Hall–Kier alpha value is -2.32. The molecule has 4 N–H and O–H groups in total. The number of carbonyl (C=O) groups is 3. The zero-order valence-corrected chi connectivity index (χ0v) is 15.8. The molecule has 2 saturated heterocycles. The highest BCUT2D eigenvalue weighted by molar-refractivity contribution is 6.34. The van der Waals surface area contributed by atoms with Gasteiger partial charge in [0.15, 0.2) is 0 Å². The number of nitrogens with one attached hydrogen (secondary N) is 2. The van der Waals surface area contributed by atoms with Gasteiger partial charge in [0.1, 0.15) is 0 Å². The number of anilines is 1. The number of rotatable bonds is 5. The second kappa shape index (κ2) is 8.58. The van der Waals surface area contributed by atoms with Crippen LogP contribution >= 0.6 is 11.6 Å². The van der Waals surface area contributed by atoms with E-state index in [1.165, 1.54) is 4.90 Å². The van der Waals surface area contributed by atoms with Crippen LogP contribution in [0.1, 0.15) is 23.2 Å². The van der Waals surface area contributed by atoms with Gasteiger partial charge in [0.25, 0.3) is 5.91 Å². The van der Waals surface area contributed by atoms with Gasteiger partial charge in [-0.3, -0.25) is 14.5 Å². The summed E-state index contributed by atoms with van der Waals surface area (Å²) in [5.41, 5.74) is 6.40. The fraction of sp³-hybridized carbons (Fsp3) is 0.500. The van der Waals surface area contributed by atoms with E-state index >= 15 is 0 Å². The Morgan fingerprint density at radius 2 is 2.15 bits per heavy atom. The first-order valence-electron chi connectivity index (χ1n) is 9.13. The van der Waals surface area contributed by atoms with Gasteiger partial charge in [0.2, 0.25) is 5.91 Å². The largest absolute Gasteiger partial charge is 0.355 e. The summed E-state index contributed by atoms with van der Waals surface area (Å²) in [5, 5.41) is 5.93. The van der Waals surface area contributed by atoms with Crippen molar-refractivity contribution in [1.82, 2.24) is 15.5 Å². The molecule has 1 unspecified atom stereocenters. The fourth-order valence-electron chi connectivity index (χ4n) is 3.45. The summed E-state index contributed by atoms with van der Waals surface area (Å²) in [6.07, 6.45) is 1.52. The van der Waals surface area contributed by atoms with E-state index in [1.807, 2.05) is 0 Å². The lowest BCUT2D eigenvalue weighted by molar-refractivity contribution is -0.126. The van der Waals surface area contributed by atoms with Crippen molar-refractivity contribution in [3.63, 3.8) is 0 Å². The molecule has 1 aromatic rings. The average molecular weight is 394 g/mol. The SMILES string of the molecule is NCCNC(=O)C1CCCN(C(=O)c2ccc(Cl)c(N3CCNC3=O)c2)C1. The standard InChI is InChI=1S/C18H24ClN5O3/c19-14-4-3-12(10-15(14)24-9-7-22-18(24)27)17(26)23-8-1-2-13(11-23)16(25)21-6-5-20/h3-4,10,13H,1-2,5-9,11,20H2,(H,21,25)(H,22,27). The number of carbonyl (C=O) groups excluding carboxylic acids is 3. The number of amides is 4. The van der Waals surface area contributed by atoms with Crippen LogP contribution in [-0.4, -0.2) is 62.0 Å². The molecule has 0 radical (unpaired) electrons. The summed E-state index contributed by atoms with van der Waals surface area (Å²) >= 11 is 6.24. The summed E-state index contributed by atoms with van der Waals surface area (Å²) in [7, 11) is 0. The van der Waals surface area contributed by atoms with E-state index in [9.17, 15) is 14.4 Å². The van der Waals surface area contributed by atoms with Gasteiger partial charge in [-0.2, -0.15) is 0 Å². The molecule has 0 aliphatic carbocycles. The van der Waals surface area contributed by atoms with Gasteiger partial charge < -0.3 is 21.3 Å². The lowest BCUT2D eigenvalue weighted by Crippen LogP contribution is -2.46. The minimum Gasteiger partial charge on any atom is -0.355 e. The van der Waals surface area contributed by atoms with Crippen LogP contribution in [0.15, 0.2) is 18.2 Å². The van der Waals surface area contributed by atoms with Gasteiger partial charge in [-0.15, -0.1) is 0 Å². The Kier molecular flexibility index (Phi) is 6.18.